The van der Waals surface area contributed by atoms with E-state index in [1.165, 1.54) is 57.5 Å². The van der Waals surface area contributed by atoms with Gasteiger partial charge in [-0.25, -0.2) is 4.98 Å². The number of rotatable bonds is 2. The Morgan fingerprint density at radius 2 is 1.80 bits per heavy atom. The highest BCUT2D eigenvalue weighted by Crippen LogP contribution is 2.44. The highest BCUT2D eigenvalue weighted by Gasteiger charge is 2.31. The number of fused-ring (bicyclic) bond motifs is 2. The first-order valence-corrected chi connectivity index (χ1v) is 9.43. The maximum atomic E-state index is 4.93. The summed E-state index contributed by atoms with van der Waals surface area (Å²) in [6.07, 6.45) is 5.79. The fourth-order valence-corrected chi connectivity index (χ4v) is 4.51. The van der Waals surface area contributed by atoms with Crippen molar-refractivity contribution in [3.05, 3.63) is 58.4 Å². The Bertz CT molecular complexity index is 979. The van der Waals surface area contributed by atoms with Crippen LogP contribution in [0.2, 0.25) is 0 Å². The lowest BCUT2D eigenvalue weighted by Gasteiger charge is -2.31. The first kappa shape index (κ1) is 15.0. The summed E-state index contributed by atoms with van der Waals surface area (Å²) in [5, 5.41) is 1.42. The molecule has 1 aliphatic heterocycles. The Kier molecular flexibility index (Phi) is 3.21. The van der Waals surface area contributed by atoms with E-state index < -0.39 is 0 Å². The van der Waals surface area contributed by atoms with Crippen LogP contribution in [-0.2, 0) is 13.0 Å². The van der Waals surface area contributed by atoms with E-state index >= 15 is 0 Å². The van der Waals surface area contributed by atoms with Crippen molar-refractivity contribution in [2.24, 2.45) is 0 Å². The molecule has 0 atom stereocenters. The molecule has 3 heteroatoms. The zero-order valence-corrected chi connectivity index (χ0v) is 15.3. The van der Waals surface area contributed by atoms with Crippen LogP contribution in [0, 0.1) is 20.8 Å². The highest BCUT2D eigenvalue weighted by molar-refractivity contribution is 5.96. The van der Waals surface area contributed by atoms with Crippen LogP contribution in [0.3, 0.4) is 0 Å². The average molecular weight is 331 g/mol. The molecule has 3 nitrogen and oxygen atoms in total. The molecular formula is C22H25N3. The van der Waals surface area contributed by atoms with Crippen molar-refractivity contribution in [3.8, 4) is 0 Å². The smallest absolute Gasteiger partial charge is 0.153 e. The van der Waals surface area contributed by atoms with E-state index in [9.17, 15) is 0 Å². The fraction of sp³-hybridized carbons (Fsp3) is 0.409. The molecule has 1 fully saturated rings. The van der Waals surface area contributed by atoms with Gasteiger partial charge in [-0.2, -0.15) is 0 Å². The van der Waals surface area contributed by atoms with Gasteiger partial charge in [0.05, 0.1) is 5.52 Å². The van der Waals surface area contributed by atoms with Crippen molar-refractivity contribution < 1.29 is 0 Å². The van der Waals surface area contributed by atoms with Crippen LogP contribution in [-0.4, -0.2) is 16.1 Å². The van der Waals surface area contributed by atoms with E-state index in [0.717, 1.165) is 19.5 Å². The lowest BCUT2D eigenvalue weighted by molar-refractivity contribution is 0.709. The van der Waals surface area contributed by atoms with Crippen molar-refractivity contribution in [3.63, 3.8) is 0 Å². The maximum absolute atomic E-state index is 4.93. The number of aromatic nitrogens is 2. The average Bonchev–Trinajstić information content (AvgIpc) is 3.42. The third-order valence-corrected chi connectivity index (χ3v) is 6.09. The first-order valence-electron chi connectivity index (χ1n) is 9.43. The summed E-state index contributed by atoms with van der Waals surface area (Å²) < 4.78 is 2.58. The maximum Gasteiger partial charge on any atom is 0.153 e. The topological polar surface area (TPSA) is 21.1 Å². The molecule has 3 heterocycles. The molecule has 2 aromatic heterocycles. The van der Waals surface area contributed by atoms with Gasteiger partial charge in [-0.1, -0.05) is 24.3 Å². The van der Waals surface area contributed by atoms with Crippen LogP contribution in [0.5, 0.6) is 0 Å². The molecule has 0 spiro atoms. The second kappa shape index (κ2) is 5.35. The minimum atomic E-state index is 0.677. The molecule has 0 saturated heterocycles. The molecule has 0 amide bonds. The van der Waals surface area contributed by atoms with E-state index in [0.29, 0.717) is 6.04 Å². The molecule has 5 rings (SSSR count). The quantitative estimate of drug-likeness (QED) is 0.669. The third kappa shape index (κ3) is 2.21. The first-order chi connectivity index (χ1) is 12.1. The van der Waals surface area contributed by atoms with Crippen molar-refractivity contribution >= 4 is 16.7 Å². The van der Waals surface area contributed by atoms with Crippen molar-refractivity contribution in [1.82, 2.24) is 9.55 Å². The highest BCUT2D eigenvalue weighted by atomic mass is 15.2. The number of anilines is 1. The summed E-state index contributed by atoms with van der Waals surface area (Å²) in [6, 6.07) is 9.52. The zero-order chi connectivity index (χ0) is 17.1. The van der Waals surface area contributed by atoms with Gasteiger partial charge in [-0.15, -0.1) is 0 Å². The summed E-state index contributed by atoms with van der Waals surface area (Å²) in [4.78, 5) is 7.42. The largest absolute Gasteiger partial charge is 0.350 e. The number of hydrogen-bond acceptors (Lipinski definition) is 2. The van der Waals surface area contributed by atoms with Gasteiger partial charge >= 0.3 is 0 Å². The van der Waals surface area contributed by atoms with Crippen molar-refractivity contribution in [2.75, 3.05) is 11.4 Å². The Labute approximate surface area is 149 Å². The van der Waals surface area contributed by atoms with Crippen LogP contribution in [0.1, 0.15) is 46.8 Å². The molecule has 0 bridgehead atoms. The van der Waals surface area contributed by atoms with E-state index in [2.05, 4.69) is 60.7 Å². The van der Waals surface area contributed by atoms with Gasteiger partial charge < -0.3 is 9.47 Å². The molecule has 3 aromatic rings. The number of pyridine rings is 1. The SMILES string of the molecule is Cc1cnc(N2CCc3ccccc3C2)c2c1c(C)c(C)n2C1CC1. The molecule has 0 N–H and O–H groups in total. The van der Waals surface area contributed by atoms with Gasteiger partial charge in [0.25, 0.3) is 0 Å². The molecule has 1 aliphatic carbocycles. The van der Waals surface area contributed by atoms with Crippen LogP contribution in [0.4, 0.5) is 5.82 Å². The Hall–Kier alpha value is -2.29. The van der Waals surface area contributed by atoms with E-state index in [4.69, 9.17) is 4.98 Å². The molecule has 0 unspecified atom stereocenters. The second-order valence-electron chi connectivity index (χ2n) is 7.74. The number of benzene rings is 1. The Morgan fingerprint density at radius 3 is 2.56 bits per heavy atom. The molecule has 1 saturated carbocycles. The van der Waals surface area contributed by atoms with E-state index in [1.807, 2.05) is 0 Å². The number of aryl methyl sites for hydroxylation is 2. The van der Waals surface area contributed by atoms with Crippen LogP contribution < -0.4 is 4.90 Å². The number of nitrogens with zero attached hydrogens (tertiary/aromatic N) is 3. The van der Waals surface area contributed by atoms with Crippen LogP contribution in [0.15, 0.2) is 30.5 Å². The van der Waals surface area contributed by atoms with Crippen LogP contribution >= 0.6 is 0 Å². The monoisotopic (exact) mass is 331 g/mol. The van der Waals surface area contributed by atoms with Gasteiger partial charge in [0.2, 0.25) is 0 Å². The fourth-order valence-electron chi connectivity index (χ4n) is 4.51. The van der Waals surface area contributed by atoms with Gasteiger partial charge in [0, 0.05) is 36.4 Å². The molecule has 25 heavy (non-hydrogen) atoms. The summed E-state index contributed by atoms with van der Waals surface area (Å²) in [7, 11) is 0. The molecule has 2 aliphatic rings. The minimum absolute atomic E-state index is 0.677. The van der Waals surface area contributed by atoms with Crippen molar-refractivity contribution in [2.45, 2.75) is 52.6 Å². The van der Waals surface area contributed by atoms with E-state index in [-0.39, 0.29) is 0 Å². The Morgan fingerprint density at radius 1 is 1.04 bits per heavy atom. The minimum Gasteiger partial charge on any atom is -0.350 e. The van der Waals surface area contributed by atoms with Gasteiger partial charge in [0.1, 0.15) is 0 Å². The van der Waals surface area contributed by atoms with Gasteiger partial charge in [-0.05, 0) is 62.3 Å². The second-order valence-corrected chi connectivity index (χ2v) is 7.74. The van der Waals surface area contributed by atoms with E-state index in [1.54, 1.807) is 0 Å². The lowest BCUT2D eigenvalue weighted by Crippen LogP contribution is -2.31. The third-order valence-electron chi connectivity index (χ3n) is 6.09. The molecule has 128 valence electrons. The van der Waals surface area contributed by atoms with Crippen LogP contribution in [0.25, 0.3) is 10.9 Å². The Balaban J connectivity index is 1.70. The zero-order valence-electron chi connectivity index (χ0n) is 15.3. The standard InChI is InChI=1S/C22H25N3/c1-14-12-23-22(24-11-10-17-6-4-5-7-18(17)13-24)21-20(14)15(2)16(3)25(21)19-8-9-19/h4-7,12,19H,8-11,13H2,1-3H3. The molecular weight excluding hydrogens is 306 g/mol. The normalized spacial score (nSPS) is 17.2. The van der Waals surface area contributed by atoms with Crippen molar-refractivity contribution in [1.29, 1.82) is 0 Å². The summed E-state index contributed by atoms with van der Waals surface area (Å²) in [5.41, 5.74) is 8.47. The summed E-state index contributed by atoms with van der Waals surface area (Å²) >= 11 is 0. The lowest BCUT2D eigenvalue weighted by atomic mass is 9.99. The van der Waals surface area contributed by atoms with Gasteiger partial charge in [0.15, 0.2) is 5.82 Å². The van der Waals surface area contributed by atoms with Gasteiger partial charge in [-0.3, -0.25) is 0 Å². The molecule has 1 aromatic carbocycles. The predicted molar refractivity (Wildman–Crippen MR) is 103 cm³/mol. The molecule has 0 radical (unpaired) electrons. The number of hydrogen-bond donors (Lipinski definition) is 0. The predicted octanol–water partition coefficient (Wildman–Crippen LogP) is 4.86. The summed E-state index contributed by atoms with van der Waals surface area (Å²) in [5.74, 6) is 1.18. The summed E-state index contributed by atoms with van der Waals surface area (Å²) in [6.45, 7) is 8.78.